The summed E-state index contributed by atoms with van der Waals surface area (Å²) in [5, 5.41) is 2.73. The highest BCUT2D eigenvalue weighted by molar-refractivity contribution is 5.83. The number of amides is 2. The number of carbonyl (C=O) groups is 3. The SMILES string of the molecule is COC(=O)C[C@H](C)C(=O)N(CCCCCCNC(=O)OC(C)(C)C)Cc1cc(C)ccc1F. The number of methoxy groups -OCH3 is 1. The largest absolute Gasteiger partial charge is 0.469 e. The van der Waals surface area contributed by atoms with Crippen molar-refractivity contribution in [3.05, 3.63) is 35.1 Å². The van der Waals surface area contributed by atoms with E-state index in [1.165, 1.54) is 13.2 Å². The molecule has 0 spiro atoms. The molecule has 0 saturated carbocycles. The zero-order chi connectivity index (χ0) is 25.0. The molecule has 0 radical (unpaired) electrons. The molecule has 186 valence electrons. The molecule has 0 bridgehead atoms. The van der Waals surface area contributed by atoms with E-state index in [-0.39, 0.29) is 24.7 Å². The van der Waals surface area contributed by atoms with Crippen LogP contribution in [0.2, 0.25) is 0 Å². The Balaban J connectivity index is 2.59. The van der Waals surface area contributed by atoms with Crippen molar-refractivity contribution in [1.29, 1.82) is 0 Å². The Bertz CT molecular complexity index is 791. The molecule has 7 nitrogen and oxygen atoms in total. The Kier molecular flexibility index (Phi) is 11.9. The van der Waals surface area contributed by atoms with E-state index in [0.717, 1.165) is 31.2 Å². The van der Waals surface area contributed by atoms with Gasteiger partial charge in [-0.15, -0.1) is 0 Å². The van der Waals surface area contributed by atoms with Crippen molar-refractivity contribution in [2.45, 2.75) is 78.9 Å². The minimum absolute atomic E-state index is 0.0154. The van der Waals surface area contributed by atoms with E-state index in [9.17, 15) is 18.8 Å². The van der Waals surface area contributed by atoms with Crippen molar-refractivity contribution in [3.63, 3.8) is 0 Å². The van der Waals surface area contributed by atoms with Gasteiger partial charge in [0, 0.05) is 31.1 Å². The Morgan fingerprint density at radius 1 is 1.12 bits per heavy atom. The van der Waals surface area contributed by atoms with Crippen LogP contribution in [-0.4, -0.2) is 48.7 Å². The zero-order valence-electron chi connectivity index (χ0n) is 20.8. The number of hydrogen-bond acceptors (Lipinski definition) is 5. The van der Waals surface area contributed by atoms with Gasteiger partial charge in [0.1, 0.15) is 11.4 Å². The third kappa shape index (κ3) is 11.7. The smallest absolute Gasteiger partial charge is 0.407 e. The standard InChI is InChI=1S/C25H39FN2O5/c1-18-11-12-21(26)20(15-18)17-28(23(30)19(2)16-22(29)32-6)14-10-8-7-9-13-27-24(31)33-25(3,4)5/h11-12,15,19H,7-10,13-14,16-17H2,1-6H3,(H,27,31)/t19-/m0/s1. The Labute approximate surface area is 197 Å². The van der Waals surface area contributed by atoms with E-state index in [1.807, 2.05) is 27.7 Å². The lowest BCUT2D eigenvalue weighted by molar-refractivity contribution is -0.146. The molecule has 0 aliphatic carbocycles. The van der Waals surface area contributed by atoms with Gasteiger partial charge in [0.25, 0.3) is 0 Å². The fourth-order valence-corrected chi connectivity index (χ4v) is 3.32. The van der Waals surface area contributed by atoms with E-state index >= 15 is 0 Å². The molecule has 1 aromatic rings. The number of carbonyl (C=O) groups excluding carboxylic acids is 3. The molecule has 33 heavy (non-hydrogen) atoms. The number of nitrogens with one attached hydrogen (secondary N) is 1. The zero-order valence-corrected chi connectivity index (χ0v) is 20.8. The van der Waals surface area contributed by atoms with Gasteiger partial charge >= 0.3 is 12.1 Å². The fraction of sp³-hybridized carbons (Fsp3) is 0.640. The second-order valence-corrected chi connectivity index (χ2v) is 9.38. The first-order chi connectivity index (χ1) is 15.4. The van der Waals surface area contributed by atoms with Crippen molar-refractivity contribution < 1.29 is 28.2 Å². The molecule has 1 atom stereocenters. The minimum atomic E-state index is -0.552. The molecule has 1 N–H and O–H groups in total. The predicted octanol–water partition coefficient (Wildman–Crippen LogP) is 4.75. The molecular weight excluding hydrogens is 427 g/mol. The van der Waals surface area contributed by atoms with Crippen molar-refractivity contribution in [3.8, 4) is 0 Å². The molecule has 2 amide bonds. The number of ether oxygens (including phenoxy) is 2. The summed E-state index contributed by atoms with van der Waals surface area (Å²) >= 11 is 0. The Hall–Kier alpha value is -2.64. The lowest BCUT2D eigenvalue weighted by atomic mass is 10.0. The van der Waals surface area contributed by atoms with Crippen molar-refractivity contribution in [2.24, 2.45) is 5.92 Å². The molecule has 1 aromatic carbocycles. The summed E-state index contributed by atoms with van der Waals surface area (Å²) in [4.78, 5) is 37.9. The Morgan fingerprint density at radius 3 is 2.42 bits per heavy atom. The van der Waals surface area contributed by atoms with Crippen LogP contribution in [0.5, 0.6) is 0 Å². The second kappa shape index (κ2) is 13.8. The molecule has 0 heterocycles. The molecule has 0 aromatic heterocycles. The van der Waals surface area contributed by atoms with Gasteiger partial charge in [0.05, 0.1) is 13.5 Å². The van der Waals surface area contributed by atoms with Crippen molar-refractivity contribution in [2.75, 3.05) is 20.2 Å². The van der Waals surface area contributed by atoms with Crippen LogP contribution in [0.3, 0.4) is 0 Å². The van der Waals surface area contributed by atoms with Gasteiger partial charge in [-0.1, -0.05) is 37.5 Å². The van der Waals surface area contributed by atoms with E-state index in [0.29, 0.717) is 18.7 Å². The molecular formula is C25H39FN2O5. The van der Waals surface area contributed by atoms with Crippen LogP contribution in [0.4, 0.5) is 9.18 Å². The maximum absolute atomic E-state index is 14.3. The monoisotopic (exact) mass is 466 g/mol. The maximum atomic E-state index is 14.3. The average Bonchev–Trinajstić information content (AvgIpc) is 2.72. The number of alkyl carbamates (subject to hydrolysis) is 1. The highest BCUT2D eigenvalue weighted by Crippen LogP contribution is 2.17. The van der Waals surface area contributed by atoms with Gasteiger partial charge in [0.15, 0.2) is 0 Å². The normalized spacial score (nSPS) is 12.1. The van der Waals surface area contributed by atoms with E-state index in [1.54, 1.807) is 24.0 Å². The lowest BCUT2D eigenvalue weighted by Gasteiger charge is -2.26. The molecule has 0 aliphatic heterocycles. The van der Waals surface area contributed by atoms with Crippen molar-refractivity contribution in [1.82, 2.24) is 10.2 Å². The van der Waals surface area contributed by atoms with Gasteiger partial charge < -0.3 is 19.7 Å². The number of nitrogens with zero attached hydrogens (tertiary/aromatic N) is 1. The molecule has 0 unspecified atom stereocenters. The summed E-state index contributed by atoms with van der Waals surface area (Å²) in [6.45, 7) is 10.1. The van der Waals surface area contributed by atoms with E-state index in [2.05, 4.69) is 10.1 Å². The van der Waals surface area contributed by atoms with Gasteiger partial charge in [0.2, 0.25) is 5.91 Å². The topological polar surface area (TPSA) is 84.9 Å². The van der Waals surface area contributed by atoms with Crippen LogP contribution in [-0.2, 0) is 25.6 Å². The van der Waals surface area contributed by atoms with Gasteiger partial charge in [-0.05, 0) is 46.6 Å². The highest BCUT2D eigenvalue weighted by Gasteiger charge is 2.24. The maximum Gasteiger partial charge on any atom is 0.407 e. The van der Waals surface area contributed by atoms with Crippen LogP contribution in [0.1, 0.15) is 70.9 Å². The van der Waals surface area contributed by atoms with Crippen LogP contribution >= 0.6 is 0 Å². The average molecular weight is 467 g/mol. The molecule has 0 aliphatic rings. The van der Waals surface area contributed by atoms with E-state index < -0.39 is 23.6 Å². The summed E-state index contributed by atoms with van der Waals surface area (Å²) < 4.78 is 24.2. The summed E-state index contributed by atoms with van der Waals surface area (Å²) in [6, 6.07) is 4.84. The third-order valence-electron chi connectivity index (χ3n) is 5.02. The van der Waals surface area contributed by atoms with Crippen LogP contribution in [0.25, 0.3) is 0 Å². The summed E-state index contributed by atoms with van der Waals surface area (Å²) in [7, 11) is 1.29. The van der Waals surface area contributed by atoms with Crippen molar-refractivity contribution >= 4 is 18.0 Å². The molecule has 8 heteroatoms. The predicted molar refractivity (Wildman–Crippen MR) is 125 cm³/mol. The number of esters is 1. The minimum Gasteiger partial charge on any atom is -0.469 e. The van der Waals surface area contributed by atoms with Crippen LogP contribution in [0, 0.1) is 18.7 Å². The number of rotatable bonds is 12. The third-order valence-corrected chi connectivity index (χ3v) is 5.02. The fourth-order valence-electron chi connectivity index (χ4n) is 3.32. The first-order valence-corrected chi connectivity index (χ1v) is 11.5. The first-order valence-electron chi connectivity index (χ1n) is 11.5. The highest BCUT2D eigenvalue weighted by atomic mass is 19.1. The number of hydrogen-bond donors (Lipinski definition) is 1. The number of unbranched alkanes of at least 4 members (excludes halogenated alkanes) is 3. The number of halogens is 1. The van der Waals surface area contributed by atoms with Crippen LogP contribution < -0.4 is 5.32 Å². The first kappa shape index (κ1) is 28.4. The Morgan fingerprint density at radius 2 is 1.79 bits per heavy atom. The van der Waals surface area contributed by atoms with Gasteiger partial charge in [-0.3, -0.25) is 9.59 Å². The molecule has 0 saturated heterocycles. The lowest BCUT2D eigenvalue weighted by Crippen LogP contribution is -2.36. The summed E-state index contributed by atoms with van der Waals surface area (Å²) in [5.41, 5.74) is 0.844. The van der Waals surface area contributed by atoms with Crippen LogP contribution in [0.15, 0.2) is 18.2 Å². The van der Waals surface area contributed by atoms with Gasteiger partial charge in [-0.2, -0.15) is 0 Å². The summed E-state index contributed by atoms with van der Waals surface area (Å²) in [5.74, 6) is -1.56. The summed E-state index contributed by atoms with van der Waals surface area (Å²) in [6.07, 6.45) is 2.79. The molecule has 0 fully saturated rings. The quantitative estimate of drug-likeness (QED) is 0.355. The number of aryl methyl sites for hydroxylation is 1. The van der Waals surface area contributed by atoms with E-state index in [4.69, 9.17) is 4.74 Å². The molecule has 1 rings (SSSR count). The van der Waals surface area contributed by atoms with Gasteiger partial charge in [-0.25, -0.2) is 9.18 Å². The second-order valence-electron chi connectivity index (χ2n) is 9.38. The number of benzene rings is 1.